The number of benzene rings is 2. The number of aromatic nitrogens is 1. The topological polar surface area (TPSA) is 50.9 Å². The maximum Gasteiger partial charge on any atom is 0.0951 e. The summed E-state index contributed by atoms with van der Waals surface area (Å²) in [5, 5.41) is 5.39. The van der Waals surface area contributed by atoms with E-state index in [0.717, 1.165) is 22.3 Å². The van der Waals surface area contributed by atoms with E-state index in [4.69, 9.17) is 28.9 Å². The molecule has 3 N–H and O–H groups in total. The molecule has 5 heteroatoms. The molecule has 1 aromatic heterocycles. The molecule has 0 aliphatic carbocycles. The van der Waals surface area contributed by atoms with Crippen LogP contribution in [-0.4, -0.2) is 4.98 Å². The number of nitrogens with two attached hydrogens (primary N) is 1. The highest BCUT2D eigenvalue weighted by Crippen LogP contribution is 2.32. The van der Waals surface area contributed by atoms with E-state index in [0.29, 0.717) is 15.7 Å². The van der Waals surface area contributed by atoms with Crippen molar-refractivity contribution in [2.24, 2.45) is 0 Å². The molecule has 0 aliphatic heterocycles. The second kappa shape index (κ2) is 5.19. The molecule has 1 heterocycles. The zero-order valence-corrected chi connectivity index (χ0v) is 11.9. The summed E-state index contributed by atoms with van der Waals surface area (Å²) < 4.78 is 0. The molecule has 3 nitrogen and oxygen atoms in total. The van der Waals surface area contributed by atoms with E-state index in [1.807, 2.05) is 30.3 Å². The Balaban J connectivity index is 2.09. The molecule has 3 rings (SSSR count). The Morgan fingerprint density at radius 1 is 1.00 bits per heavy atom. The lowest BCUT2D eigenvalue weighted by atomic mass is 10.1. The summed E-state index contributed by atoms with van der Waals surface area (Å²) in [4.78, 5) is 4.30. The van der Waals surface area contributed by atoms with Crippen molar-refractivity contribution in [1.29, 1.82) is 0 Å². The van der Waals surface area contributed by atoms with Gasteiger partial charge in [-0.1, -0.05) is 35.3 Å². The third-order valence-corrected chi connectivity index (χ3v) is 3.55. The predicted octanol–water partition coefficient (Wildman–Crippen LogP) is 4.87. The van der Waals surface area contributed by atoms with Crippen molar-refractivity contribution in [2.75, 3.05) is 11.1 Å². The highest BCUT2D eigenvalue weighted by Gasteiger charge is 2.07. The number of pyridine rings is 1. The number of nitrogen functional groups attached to an aromatic ring is 1. The minimum absolute atomic E-state index is 0.561. The summed E-state index contributed by atoms with van der Waals surface area (Å²) in [6.07, 6.45) is 1.71. The fourth-order valence-electron chi connectivity index (χ4n) is 2.04. The standard InChI is InChI=1S/C15H11Cl2N3/c16-9-4-5-14(11(17)8-9)20-13-6-7-19-15-10(13)2-1-3-12(15)18/h1-8H,18H2,(H,19,20). The van der Waals surface area contributed by atoms with Gasteiger partial charge in [-0.2, -0.15) is 0 Å². The molecule has 0 unspecified atom stereocenters. The van der Waals surface area contributed by atoms with Crippen molar-refractivity contribution in [1.82, 2.24) is 4.98 Å². The van der Waals surface area contributed by atoms with Gasteiger partial charge in [-0.3, -0.25) is 4.98 Å². The molecule has 0 aliphatic rings. The summed E-state index contributed by atoms with van der Waals surface area (Å²) in [5.41, 5.74) is 9.03. The van der Waals surface area contributed by atoms with Gasteiger partial charge in [0.2, 0.25) is 0 Å². The van der Waals surface area contributed by atoms with Crippen LogP contribution < -0.4 is 11.1 Å². The third kappa shape index (κ3) is 2.38. The zero-order chi connectivity index (χ0) is 14.1. The molecule has 100 valence electrons. The van der Waals surface area contributed by atoms with E-state index < -0.39 is 0 Å². The second-order valence-electron chi connectivity index (χ2n) is 4.35. The Hall–Kier alpha value is -1.97. The van der Waals surface area contributed by atoms with E-state index in [2.05, 4.69) is 10.3 Å². The highest BCUT2D eigenvalue weighted by molar-refractivity contribution is 6.36. The van der Waals surface area contributed by atoms with Crippen LogP contribution in [0.5, 0.6) is 0 Å². The summed E-state index contributed by atoms with van der Waals surface area (Å²) >= 11 is 12.1. The van der Waals surface area contributed by atoms with Crippen molar-refractivity contribution in [3.63, 3.8) is 0 Å². The molecule has 0 saturated heterocycles. The molecule has 0 radical (unpaired) electrons. The molecule has 3 aromatic rings. The highest BCUT2D eigenvalue weighted by atomic mass is 35.5. The van der Waals surface area contributed by atoms with Crippen molar-refractivity contribution >= 4 is 51.2 Å². The minimum atomic E-state index is 0.561. The van der Waals surface area contributed by atoms with Gasteiger partial charge in [0.25, 0.3) is 0 Å². The molecule has 0 atom stereocenters. The first-order valence-electron chi connectivity index (χ1n) is 6.00. The van der Waals surface area contributed by atoms with Crippen molar-refractivity contribution < 1.29 is 0 Å². The molecule has 0 amide bonds. The number of para-hydroxylation sites is 1. The molecule has 0 spiro atoms. The first-order chi connectivity index (χ1) is 9.65. The van der Waals surface area contributed by atoms with E-state index in [1.54, 1.807) is 18.3 Å². The van der Waals surface area contributed by atoms with Crippen LogP contribution in [0.1, 0.15) is 0 Å². The van der Waals surface area contributed by atoms with Crippen LogP contribution in [0, 0.1) is 0 Å². The van der Waals surface area contributed by atoms with Gasteiger partial charge in [0.15, 0.2) is 0 Å². The average Bonchev–Trinajstić information content (AvgIpc) is 2.43. The maximum absolute atomic E-state index is 6.17. The fourth-order valence-corrected chi connectivity index (χ4v) is 2.50. The Morgan fingerprint density at radius 2 is 1.85 bits per heavy atom. The van der Waals surface area contributed by atoms with Gasteiger partial charge in [-0.15, -0.1) is 0 Å². The first-order valence-corrected chi connectivity index (χ1v) is 6.76. The van der Waals surface area contributed by atoms with Crippen LogP contribution in [0.15, 0.2) is 48.7 Å². The number of hydrogen-bond donors (Lipinski definition) is 2. The Kier molecular flexibility index (Phi) is 3.38. The molecular weight excluding hydrogens is 293 g/mol. The Labute approximate surface area is 126 Å². The van der Waals surface area contributed by atoms with E-state index in [1.165, 1.54) is 0 Å². The van der Waals surface area contributed by atoms with Gasteiger partial charge < -0.3 is 11.1 Å². The maximum atomic E-state index is 6.17. The lowest BCUT2D eigenvalue weighted by Gasteiger charge is -2.11. The Bertz CT molecular complexity index is 787. The van der Waals surface area contributed by atoms with Gasteiger partial charge in [-0.05, 0) is 30.3 Å². The minimum Gasteiger partial charge on any atom is -0.397 e. The smallest absolute Gasteiger partial charge is 0.0951 e. The summed E-state index contributed by atoms with van der Waals surface area (Å²) in [6.45, 7) is 0. The first kappa shape index (κ1) is 13.0. The van der Waals surface area contributed by atoms with Gasteiger partial charge in [0.05, 0.1) is 21.9 Å². The lowest BCUT2D eigenvalue weighted by Crippen LogP contribution is -1.95. The quantitative estimate of drug-likeness (QED) is 0.664. The number of anilines is 3. The normalized spacial score (nSPS) is 10.7. The number of fused-ring (bicyclic) bond motifs is 1. The number of nitrogens with zero attached hydrogens (tertiary/aromatic N) is 1. The third-order valence-electron chi connectivity index (χ3n) is 3.00. The Morgan fingerprint density at radius 3 is 2.65 bits per heavy atom. The zero-order valence-electron chi connectivity index (χ0n) is 10.4. The molecule has 0 fully saturated rings. The van der Waals surface area contributed by atoms with Crippen molar-refractivity contribution in [2.45, 2.75) is 0 Å². The van der Waals surface area contributed by atoms with Crippen LogP contribution in [0.3, 0.4) is 0 Å². The fraction of sp³-hybridized carbons (Fsp3) is 0. The van der Waals surface area contributed by atoms with Crippen LogP contribution in [0.25, 0.3) is 10.9 Å². The van der Waals surface area contributed by atoms with Gasteiger partial charge in [-0.25, -0.2) is 0 Å². The molecule has 0 saturated carbocycles. The van der Waals surface area contributed by atoms with Crippen LogP contribution in [-0.2, 0) is 0 Å². The van der Waals surface area contributed by atoms with E-state index in [-0.39, 0.29) is 0 Å². The van der Waals surface area contributed by atoms with Crippen LogP contribution in [0.4, 0.5) is 17.1 Å². The number of nitrogens with one attached hydrogen (secondary N) is 1. The monoisotopic (exact) mass is 303 g/mol. The van der Waals surface area contributed by atoms with E-state index in [9.17, 15) is 0 Å². The number of rotatable bonds is 2. The summed E-state index contributed by atoms with van der Waals surface area (Å²) in [6, 6.07) is 12.9. The van der Waals surface area contributed by atoms with Crippen molar-refractivity contribution in [3.05, 3.63) is 58.7 Å². The average molecular weight is 304 g/mol. The van der Waals surface area contributed by atoms with E-state index >= 15 is 0 Å². The second-order valence-corrected chi connectivity index (χ2v) is 5.19. The van der Waals surface area contributed by atoms with Gasteiger partial charge in [0.1, 0.15) is 0 Å². The molecule has 2 aromatic carbocycles. The SMILES string of the molecule is Nc1cccc2c(Nc3ccc(Cl)cc3Cl)ccnc12. The van der Waals surface area contributed by atoms with Gasteiger partial charge in [0, 0.05) is 22.3 Å². The lowest BCUT2D eigenvalue weighted by molar-refractivity contribution is 1.40. The molecular formula is C15H11Cl2N3. The summed E-state index contributed by atoms with van der Waals surface area (Å²) in [7, 11) is 0. The van der Waals surface area contributed by atoms with Gasteiger partial charge >= 0.3 is 0 Å². The molecule has 20 heavy (non-hydrogen) atoms. The van der Waals surface area contributed by atoms with Crippen LogP contribution >= 0.6 is 23.2 Å². The number of hydrogen-bond acceptors (Lipinski definition) is 3. The van der Waals surface area contributed by atoms with Crippen molar-refractivity contribution in [3.8, 4) is 0 Å². The number of halogens is 2. The largest absolute Gasteiger partial charge is 0.397 e. The molecule has 0 bridgehead atoms. The van der Waals surface area contributed by atoms with Crippen LogP contribution in [0.2, 0.25) is 10.0 Å². The predicted molar refractivity (Wildman–Crippen MR) is 85.9 cm³/mol. The summed E-state index contributed by atoms with van der Waals surface area (Å²) in [5.74, 6) is 0.